The van der Waals surface area contributed by atoms with Crippen LogP contribution in [0.15, 0.2) is 24.3 Å². The summed E-state index contributed by atoms with van der Waals surface area (Å²) in [6.45, 7) is 1.51. The zero-order chi connectivity index (χ0) is 17.3. The van der Waals surface area contributed by atoms with Crippen LogP contribution in [0.25, 0.3) is 0 Å². The third-order valence-electron chi connectivity index (χ3n) is 3.91. The normalized spacial score (nSPS) is 20.2. The third kappa shape index (κ3) is 3.25. The third-order valence-corrected chi connectivity index (χ3v) is 4.25. The molecule has 0 spiro atoms. The van der Waals surface area contributed by atoms with E-state index in [0.29, 0.717) is 31.1 Å². The predicted molar refractivity (Wildman–Crippen MR) is 89.8 cm³/mol. The number of thiol groups is 1. The Balaban J connectivity index is 1.67. The van der Waals surface area contributed by atoms with Crippen LogP contribution in [0.3, 0.4) is 0 Å². The van der Waals surface area contributed by atoms with Crippen molar-refractivity contribution in [2.24, 2.45) is 0 Å². The molecule has 24 heavy (non-hydrogen) atoms. The van der Waals surface area contributed by atoms with Gasteiger partial charge in [-0.3, -0.25) is 14.6 Å². The molecule has 0 aromatic heterocycles. The minimum atomic E-state index is -0.464. The Morgan fingerprint density at radius 3 is 2.38 bits per heavy atom. The molecule has 0 aliphatic carbocycles. The smallest absolute Gasteiger partial charge is 0.414 e. The average molecular weight is 351 g/mol. The molecule has 1 aromatic rings. The summed E-state index contributed by atoms with van der Waals surface area (Å²) in [5.74, 6) is 0. The first-order chi connectivity index (χ1) is 11.5. The number of anilines is 2. The number of hydrogen-bond donors (Lipinski definition) is 1. The van der Waals surface area contributed by atoms with Gasteiger partial charge in [-0.2, -0.15) is 0 Å². The van der Waals surface area contributed by atoms with Gasteiger partial charge in [-0.25, -0.2) is 9.59 Å². The molecule has 2 saturated heterocycles. The SMILES string of the molecule is CN(C[C@@H]1CN(c2ccc(N3CCOC3=O)cc2)C(=O)O1)C(=O)S. The Morgan fingerprint density at radius 2 is 1.83 bits per heavy atom. The van der Waals surface area contributed by atoms with Crippen molar-refractivity contribution in [2.75, 3.05) is 43.1 Å². The van der Waals surface area contributed by atoms with Gasteiger partial charge >= 0.3 is 12.2 Å². The minimum absolute atomic E-state index is 0.280. The Morgan fingerprint density at radius 1 is 1.21 bits per heavy atom. The van der Waals surface area contributed by atoms with Gasteiger partial charge in [-0.1, -0.05) is 12.6 Å². The number of rotatable bonds is 4. The van der Waals surface area contributed by atoms with E-state index >= 15 is 0 Å². The van der Waals surface area contributed by atoms with Crippen molar-refractivity contribution in [3.05, 3.63) is 24.3 Å². The molecule has 3 rings (SSSR count). The van der Waals surface area contributed by atoms with Crippen molar-refractivity contribution < 1.29 is 23.9 Å². The van der Waals surface area contributed by atoms with Crippen molar-refractivity contribution in [2.45, 2.75) is 6.10 Å². The molecular formula is C15H17N3O5S. The van der Waals surface area contributed by atoms with Gasteiger partial charge in [-0.05, 0) is 24.3 Å². The number of cyclic esters (lactones) is 2. The molecule has 9 heteroatoms. The lowest BCUT2D eigenvalue weighted by atomic mass is 10.2. The first kappa shape index (κ1) is 16.4. The summed E-state index contributed by atoms with van der Waals surface area (Å²) in [4.78, 5) is 39.1. The molecular weight excluding hydrogens is 334 g/mol. The van der Waals surface area contributed by atoms with Crippen LogP contribution in [0.1, 0.15) is 0 Å². The van der Waals surface area contributed by atoms with E-state index < -0.39 is 12.2 Å². The lowest BCUT2D eigenvalue weighted by molar-refractivity contribution is 0.124. The number of ether oxygens (including phenoxy) is 2. The molecule has 2 fully saturated rings. The fraction of sp³-hybridized carbons (Fsp3) is 0.400. The van der Waals surface area contributed by atoms with Gasteiger partial charge < -0.3 is 14.4 Å². The van der Waals surface area contributed by atoms with Crippen LogP contribution in [0.5, 0.6) is 0 Å². The van der Waals surface area contributed by atoms with Crippen LogP contribution in [-0.4, -0.2) is 61.7 Å². The molecule has 0 radical (unpaired) electrons. The molecule has 1 aromatic carbocycles. The lowest BCUT2D eigenvalue weighted by Gasteiger charge is -2.18. The number of carbonyl (C=O) groups excluding carboxylic acids is 3. The van der Waals surface area contributed by atoms with E-state index in [4.69, 9.17) is 9.47 Å². The Kier molecular flexibility index (Phi) is 4.52. The van der Waals surface area contributed by atoms with Gasteiger partial charge in [0.25, 0.3) is 5.24 Å². The number of hydrogen-bond acceptors (Lipinski definition) is 5. The number of nitrogens with zero attached hydrogens (tertiary/aromatic N) is 3. The van der Waals surface area contributed by atoms with Crippen LogP contribution in [0, 0.1) is 0 Å². The van der Waals surface area contributed by atoms with E-state index in [-0.39, 0.29) is 17.9 Å². The van der Waals surface area contributed by atoms with Gasteiger partial charge in [-0.15, -0.1) is 0 Å². The van der Waals surface area contributed by atoms with E-state index in [0.717, 1.165) is 0 Å². The fourth-order valence-corrected chi connectivity index (χ4v) is 2.73. The van der Waals surface area contributed by atoms with Gasteiger partial charge in [0, 0.05) is 18.4 Å². The van der Waals surface area contributed by atoms with E-state index in [1.807, 2.05) is 0 Å². The molecule has 2 aliphatic rings. The standard InChI is InChI=1S/C15H17N3O5S/c1-16(15(21)24)8-12-9-18(14(20)23-12)11-4-2-10(3-5-11)17-6-7-22-13(17)19/h2-5,12H,6-9H2,1H3,(H,21,24)/t12-/m1/s1. The van der Waals surface area contributed by atoms with Crippen LogP contribution in [-0.2, 0) is 9.47 Å². The highest BCUT2D eigenvalue weighted by Crippen LogP contribution is 2.26. The van der Waals surface area contributed by atoms with Gasteiger partial charge in [0.05, 0.1) is 19.6 Å². The molecule has 128 valence electrons. The van der Waals surface area contributed by atoms with Crippen molar-refractivity contribution in [1.82, 2.24) is 4.90 Å². The number of benzene rings is 1. The Labute approximate surface area is 144 Å². The van der Waals surface area contributed by atoms with Crippen molar-refractivity contribution in [1.29, 1.82) is 0 Å². The zero-order valence-electron chi connectivity index (χ0n) is 13.0. The molecule has 0 saturated carbocycles. The van der Waals surface area contributed by atoms with E-state index in [1.54, 1.807) is 31.3 Å². The highest BCUT2D eigenvalue weighted by Gasteiger charge is 2.33. The fourth-order valence-electron chi connectivity index (χ4n) is 2.65. The summed E-state index contributed by atoms with van der Waals surface area (Å²) in [5.41, 5.74) is 1.38. The maximum atomic E-state index is 12.0. The summed E-state index contributed by atoms with van der Waals surface area (Å²) >= 11 is 3.73. The van der Waals surface area contributed by atoms with Gasteiger partial charge in [0.15, 0.2) is 0 Å². The molecule has 3 amide bonds. The summed E-state index contributed by atoms with van der Waals surface area (Å²) in [5, 5.41) is -0.383. The number of carbonyl (C=O) groups is 3. The summed E-state index contributed by atoms with van der Waals surface area (Å²) in [6.07, 6.45) is -1.25. The second-order valence-corrected chi connectivity index (χ2v) is 5.94. The van der Waals surface area contributed by atoms with Crippen LogP contribution in [0.2, 0.25) is 0 Å². The monoisotopic (exact) mass is 351 g/mol. The Bertz CT molecular complexity index is 666. The summed E-state index contributed by atoms with van der Waals surface area (Å²) in [6, 6.07) is 7.01. The summed E-state index contributed by atoms with van der Waals surface area (Å²) < 4.78 is 10.2. The van der Waals surface area contributed by atoms with Crippen LogP contribution < -0.4 is 9.80 Å². The Hall–Kier alpha value is -2.42. The van der Waals surface area contributed by atoms with Crippen LogP contribution >= 0.6 is 12.6 Å². The van der Waals surface area contributed by atoms with Crippen LogP contribution in [0.4, 0.5) is 25.8 Å². The highest BCUT2D eigenvalue weighted by atomic mass is 32.1. The highest BCUT2D eigenvalue weighted by molar-refractivity contribution is 7.96. The zero-order valence-corrected chi connectivity index (χ0v) is 13.9. The van der Waals surface area contributed by atoms with Crippen molar-refractivity contribution >= 4 is 41.4 Å². The number of amides is 3. The molecule has 8 nitrogen and oxygen atoms in total. The van der Waals surface area contributed by atoms with Crippen molar-refractivity contribution in [3.63, 3.8) is 0 Å². The maximum Gasteiger partial charge on any atom is 0.414 e. The summed E-state index contributed by atoms with van der Waals surface area (Å²) in [7, 11) is 1.59. The second kappa shape index (κ2) is 6.60. The van der Waals surface area contributed by atoms with E-state index in [1.165, 1.54) is 14.7 Å². The molecule has 0 N–H and O–H groups in total. The molecule has 0 bridgehead atoms. The predicted octanol–water partition coefficient (Wildman–Crippen LogP) is 1.95. The van der Waals surface area contributed by atoms with E-state index in [9.17, 15) is 14.4 Å². The van der Waals surface area contributed by atoms with Gasteiger partial charge in [0.1, 0.15) is 12.7 Å². The molecule has 0 unspecified atom stereocenters. The first-order valence-corrected chi connectivity index (χ1v) is 7.87. The second-order valence-electron chi connectivity index (χ2n) is 5.56. The maximum absolute atomic E-state index is 12.0. The topological polar surface area (TPSA) is 79.4 Å². The lowest BCUT2D eigenvalue weighted by Crippen LogP contribution is -2.33. The average Bonchev–Trinajstić information content (AvgIpc) is 3.13. The van der Waals surface area contributed by atoms with Crippen molar-refractivity contribution in [3.8, 4) is 0 Å². The molecule has 2 heterocycles. The first-order valence-electron chi connectivity index (χ1n) is 7.42. The van der Waals surface area contributed by atoms with Gasteiger partial charge in [0.2, 0.25) is 0 Å². The quantitative estimate of drug-likeness (QED) is 0.839. The number of likely N-dealkylation sites (N-methyl/N-ethyl adjacent to an activating group) is 1. The molecule has 2 aliphatic heterocycles. The molecule has 1 atom stereocenters. The van der Waals surface area contributed by atoms with E-state index in [2.05, 4.69) is 12.6 Å². The largest absolute Gasteiger partial charge is 0.447 e. The minimum Gasteiger partial charge on any atom is -0.447 e.